The van der Waals surface area contributed by atoms with Gasteiger partial charge in [-0.1, -0.05) is 166 Å². The van der Waals surface area contributed by atoms with Crippen LogP contribution in [0.2, 0.25) is 0 Å². The molecule has 0 bridgehead atoms. The molecule has 6 nitrogen and oxygen atoms in total. The molecule has 0 spiro atoms. The Morgan fingerprint density at radius 3 is 0.920 bits per heavy atom. The van der Waals surface area contributed by atoms with Gasteiger partial charge >= 0.3 is 0 Å². The van der Waals surface area contributed by atoms with Gasteiger partial charge in [0.25, 0.3) is 0 Å². The maximum atomic E-state index is 11.5. The van der Waals surface area contributed by atoms with E-state index in [1.54, 1.807) is 0 Å². The monoisotopic (exact) mass is 711 g/mol. The average Bonchev–Trinajstić information content (AvgIpc) is 2.76. The Morgan fingerprint density at radius 2 is 0.660 bits per heavy atom. The summed E-state index contributed by atoms with van der Waals surface area (Å²) >= 11 is 0. The Hall–Kier alpha value is -1.72. The van der Waals surface area contributed by atoms with Gasteiger partial charge in [0, 0.05) is 49.6 Å². The third kappa shape index (κ3) is 48.4. The first-order chi connectivity index (χ1) is 21.5. The molecule has 0 heterocycles. The van der Waals surface area contributed by atoms with Crippen molar-refractivity contribution in [2.24, 2.45) is 43.3 Å². The van der Waals surface area contributed by atoms with E-state index in [0.717, 1.165) is 32.4 Å². The van der Waals surface area contributed by atoms with Gasteiger partial charge in [-0.05, 0) is 45.3 Å². The molecule has 0 fully saturated rings. The zero-order valence-corrected chi connectivity index (χ0v) is 38.3. The fourth-order valence-corrected chi connectivity index (χ4v) is 3.87. The van der Waals surface area contributed by atoms with Crippen LogP contribution in [0.3, 0.4) is 0 Å². The van der Waals surface area contributed by atoms with E-state index in [4.69, 9.17) is 0 Å². The maximum Gasteiger partial charge on any atom is 0.225 e. The lowest BCUT2D eigenvalue weighted by Crippen LogP contribution is -2.39. The molecule has 0 saturated heterocycles. The van der Waals surface area contributed by atoms with E-state index >= 15 is 0 Å². The fourth-order valence-electron chi connectivity index (χ4n) is 3.87. The molecule has 0 aliphatic rings. The van der Waals surface area contributed by atoms with Crippen LogP contribution in [0.5, 0.6) is 0 Å². The molecule has 2 amide bonds. The molecule has 0 unspecified atom stereocenters. The number of rotatable bonds is 8. The minimum Gasteiger partial charge on any atom is -0.356 e. The molecule has 0 aromatic heterocycles. The van der Waals surface area contributed by atoms with Gasteiger partial charge in [-0.2, -0.15) is 0 Å². The summed E-state index contributed by atoms with van der Waals surface area (Å²) < 4.78 is 0. The maximum absolute atomic E-state index is 11.5. The Kier molecular flexibility index (Phi) is 23.9. The molecule has 0 aromatic carbocycles. The Bertz CT molecular complexity index is 965. The lowest BCUT2D eigenvalue weighted by molar-refractivity contribution is -0.129. The molecule has 0 aliphatic heterocycles. The molecular formula is C44H90N2O4. The van der Waals surface area contributed by atoms with Crippen LogP contribution >= 0.6 is 0 Å². The SMILES string of the molecule is CC(C)(C)CC(=O)CC(C)(C)C.CC(C)(C)CCC(=O)CC(C)(C)C.CC(C)(C)CCNC(=O)C(C)(C)C.CC(C)(C)CNC(=O)C(C)(C)C. The van der Waals surface area contributed by atoms with Crippen LogP contribution in [0.4, 0.5) is 0 Å². The normalized spacial score (nSPS) is 13.0. The van der Waals surface area contributed by atoms with Crippen LogP contribution in [-0.4, -0.2) is 36.5 Å². The van der Waals surface area contributed by atoms with Crippen LogP contribution < -0.4 is 10.6 Å². The predicted molar refractivity (Wildman–Crippen MR) is 219 cm³/mol. The second-order valence-electron chi connectivity index (χ2n) is 23.7. The molecule has 0 atom stereocenters. The standard InChI is InChI=1S/C12H24O.C11H23NO.C11H22O.C10H21NO/c1-11(2,3)8-7-10(13)9-12(4,5)6;1-10(2,3)7-8-12-9(13)11(4,5)6;1-10(2,3)7-9(12)8-11(4,5)6;1-9(2,3)7-11-8(12)10(4,5)6/h7-9H2,1-6H3;7-8H2,1-6H3,(H,12,13);7-8H2,1-6H3;7H2,1-6H3,(H,11,12). The molecule has 0 aromatic rings. The number of carbonyl (C=O) groups excluding carboxylic acids is 4. The Balaban J connectivity index is -0.000000282. The Morgan fingerprint density at radius 1 is 0.360 bits per heavy atom. The molecule has 2 N–H and O–H groups in total. The molecule has 0 saturated carbocycles. The largest absolute Gasteiger partial charge is 0.356 e. The molecule has 0 radical (unpaired) electrons. The highest BCUT2D eigenvalue weighted by atomic mass is 16.2. The minimum absolute atomic E-state index is 0.123. The van der Waals surface area contributed by atoms with Crippen LogP contribution in [0.25, 0.3) is 0 Å². The summed E-state index contributed by atoms with van der Waals surface area (Å²) in [6.07, 6.45) is 4.87. The topological polar surface area (TPSA) is 92.3 Å². The van der Waals surface area contributed by atoms with Crippen molar-refractivity contribution in [3.8, 4) is 0 Å². The van der Waals surface area contributed by atoms with Gasteiger partial charge < -0.3 is 10.6 Å². The minimum atomic E-state index is -0.273. The van der Waals surface area contributed by atoms with Gasteiger partial charge in [-0.3, -0.25) is 19.2 Å². The third-order valence-corrected chi connectivity index (χ3v) is 6.64. The van der Waals surface area contributed by atoms with E-state index in [9.17, 15) is 19.2 Å². The zero-order chi connectivity index (χ0) is 41.4. The van der Waals surface area contributed by atoms with E-state index in [1.807, 2.05) is 41.5 Å². The third-order valence-electron chi connectivity index (χ3n) is 6.64. The Labute approximate surface area is 313 Å². The quantitative estimate of drug-likeness (QED) is 0.262. The van der Waals surface area contributed by atoms with Crippen LogP contribution in [-0.2, 0) is 19.2 Å². The van der Waals surface area contributed by atoms with E-state index in [0.29, 0.717) is 36.2 Å². The molecule has 0 rings (SSSR count). The molecule has 6 heteroatoms. The molecular weight excluding hydrogens is 620 g/mol. The van der Waals surface area contributed by atoms with Crippen LogP contribution in [0, 0.1) is 43.3 Å². The van der Waals surface area contributed by atoms with Crippen molar-refractivity contribution in [1.82, 2.24) is 10.6 Å². The summed E-state index contributed by atoms with van der Waals surface area (Å²) in [5, 5.41) is 5.86. The molecule has 50 heavy (non-hydrogen) atoms. The number of Topliss-reactive ketones (excluding diaryl/α,β-unsaturated/α-hetero) is 2. The highest BCUT2D eigenvalue weighted by molar-refractivity contribution is 5.82. The number of hydrogen-bond donors (Lipinski definition) is 2. The lowest BCUT2D eigenvalue weighted by atomic mass is 9.83. The molecule has 0 aliphatic carbocycles. The van der Waals surface area contributed by atoms with Crippen molar-refractivity contribution >= 4 is 23.4 Å². The van der Waals surface area contributed by atoms with E-state index in [1.165, 1.54) is 0 Å². The predicted octanol–water partition coefficient (Wildman–Crippen LogP) is 12.0. The highest BCUT2D eigenvalue weighted by Crippen LogP contribution is 2.26. The highest BCUT2D eigenvalue weighted by Gasteiger charge is 2.24. The number of amides is 2. The molecule has 300 valence electrons. The van der Waals surface area contributed by atoms with Gasteiger partial charge in [-0.15, -0.1) is 0 Å². The van der Waals surface area contributed by atoms with E-state index in [2.05, 4.69) is 135 Å². The first kappa shape index (κ1) is 55.0. The average molecular weight is 711 g/mol. The van der Waals surface area contributed by atoms with Crippen LogP contribution in [0.15, 0.2) is 0 Å². The van der Waals surface area contributed by atoms with Crippen molar-refractivity contribution in [1.29, 1.82) is 0 Å². The van der Waals surface area contributed by atoms with Crippen molar-refractivity contribution in [2.75, 3.05) is 13.1 Å². The first-order valence-electron chi connectivity index (χ1n) is 19.1. The summed E-state index contributed by atoms with van der Waals surface area (Å²) in [5.41, 5.74) is 0.641. The summed E-state index contributed by atoms with van der Waals surface area (Å²) in [6.45, 7) is 51.4. The number of hydrogen-bond acceptors (Lipinski definition) is 4. The van der Waals surface area contributed by atoms with Gasteiger partial charge in [0.2, 0.25) is 11.8 Å². The second-order valence-corrected chi connectivity index (χ2v) is 23.7. The number of ketones is 2. The van der Waals surface area contributed by atoms with Crippen molar-refractivity contribution in [2.45, 2.75) is 205 Å². The van der Waals surface area contributed by atoms with Gasteiger partial charge in [0.1, 0.15) is 11.6 Å². The van der Waals surface area contributed by atoms with E-state index < -0.39 is 0 Å². The first-order valence-corrected chi connectivity index (χ1v) is 19.1. The summed E-state index contributed by atoms with van der Waals surface area (Å²) in [6, 6.07) is 0. The van der Waals surface area contributed by atoms with Crippen molar-refractivity contribution < 1.29 is 19.2 Å². The lowest BCUT2D eigenvalue weighted by Gasteiger charge is -2.23. The second kappa shape index (κ2) is 21.7. The van der Waals surface area contributed by atoms with Gasteiger partial charge in [0.05, 0.1) is 0 Å². The number of carbonyl (C=O) groups is 4. The van der Waals surface area contributed by atoms with Crippen molar-refractivity contribution in [3.63, 3.8) is 0 Å². The van der Waals surface area contributed by atoms with Gasteiger partial charge in [-0.25, -0.2) is 0 Å². The van der Waals surface area contributed by atoms with Gasteiger partial charge in [0.15, 0.2) is 0 Å². The van der Waals surface area contributed by atoms with Crippen LogP contribution in [0.1, 0.15) is 205 Å². The fraction of sp³-hybridized carbons (Fsp3) is 0.909. The smallest absolute Gasteiger partial charge is 0.225 e. The summed E-state index contributed by atoms with van der Waals surface area (Å²) in [5.74, 6) is 1.05. The summed E-state index contributed by atoms with van der Waals surface area (Å²) in [7, 11) is 0. The van der Waals surface area contributed by atoms with E-state index in [-0.39, 0.29) is 49.7 Å². The number of nitrogens with one attached hydrogen (secondary N) is 2. The zero-order valence-electron chi connectivity index (χ0n) is 38.3. The van der Waals surface area contributed by atoms with Crippen molar-refractivity contribution in [3.05, 3.63) is 0 Å². The summed E-state index contributed by atoms with van der Waals surface area (Å²) in [4.78, 5) is 45.8.